The van der Waals surface area contributed by atoms with Crippen molar-refractivity contribution in [3.63, 3.8) is 0 Å². The summed E-state index contributed by atoms with van der Waals surface area (Å²) in [7, 11) is -1.19. The van der Waals surface area contributed by atoms with Gasteiger partial charge >= 0.3 is 0 Å². The van der Waals surface area contributed by atoms with Crippen LogP contribution < -0.4 is 5.32 Å². The fourth-order valence-corrected chi connectivity index (χ4v) is 3.59. The zero-order valence-corrected chi connectivity index (χ0v) is 16.8. The summed E-state index contributed by atoms with van der Waals surface area (Å²) in [5, 5.41) is 5.07. The van der Waals surface area contributed by atoms with Crippen molar-refractivity contribution in [1.82, 2.24) is 10.4 Å². The summed E-state index contributed by atoms with van der Waals surface area (Å²) < 4.78 is 6.00. The van der Waals surface area contributed by atoms with E-state index in [1.165, 1.54) is 0 Å². The third kappa shape index (κ3) is 6.26. The second-order valence-electron chi connectivity index (χ2n) is 8.24. The molecule has 0 bridgehead atoms. The number of nitrogens with zero attached hydrogens (tertiary/aromatic N) is 1. The normalized spacial score (nSPS) is 24.0. The molecule has 1 saturated heterocycles. The molecule has 0 aromatic carbocycles. The first-order valence-electron chi connectivity index (χ1n) is 7.67. The Morgan fingerprint density at radius 1 is 1.19 bits per heavy atom. The third-order valence-electron chi connectivity index (χ3n) is 3.58. The lowest BCUT2D eigenvalue weighted by Crippen LogP contribution is -2.54. The molecule has 1 aliphatic rings. The maximum atomic E-state index is 12.7. The van der Waals surface area contributed by atoms with E-state index in [0.29, 0.717) is 5.92 Å². The predicted octanol–water partition coefficient (Wildman–Crippen LogP) is 2.97. The molecule has 21 heavy (non-hydrogen) atoms. The number of nitrogens with one attached hydrogen (secondary N) is 1. The van der Waals surface area contributed by atoms with Gasteiger partial charge in [-0.2, -0.15) is 5.06 Å². The van der Waals surface area contributed by atoms with Gasteiger partial charge in [-0.3, -0.25) is 4.79 Å². The topological polar surface area (TPSA) is 41.6 Å². The van der Waals surface area contributed by atoms with Gasteiger partial charge in [-0.1, -0.05) is 20.8 Å². The minimum absolute atomic E-state index is 0. The smallest absolute Gasteiger partial charge is 0.240 e. The van der Waals surface area contributed by atoms with Crippen molar-refractivity contribution in [2.24, 2.45) is 11.3 Å². The number of hydroxylamine groups is 2. The van der Waals surface area contributed by atoms with Crippen molar-refractivity contribution in [2.45, 2.75) is 72.6 Å². The monoisotopic (exact) mass is 336 g/mol. The zero-order valence-electron chi connectivity index (χ0n) is 14.8. The Morgan fingerprint density at radius 2 is 1.71 bits per heavy atom. The van der Waals surface area contributed by atoms with E-state index in [0.717, 1.165) is 13.0 Å². The summed E-state index contributed by atoms with van der Waals surface area (Å²) in [5.41, 5.74) is -0.0976. The Kier molecular flexibility index (Phi) is 7.41. The Hall–Kier alpha value is -0.103. The molecule has 1 unspecified atom stereocenters. The molecule has 1 rings (SSSR count). The highest BCUT2D eigenvalue weighted by Crippen LogP contribution is 2.39. The number of hydrogen-bond donors (Lipinski definition) is 1. The van der Waals surface area contributed by atoms with E-state index in [4.69, 9.17) is 4.53 Å². The van der Waals surface area contributed by atoms with Crippen molar-refractivity contribution in [3.8, 4) is 0 Å². The highest BCUT2D eigenvalue weighted by atomic mass is 35.5. The van der Waals surface area contributed by atoms with Gasteiger partial charge in [0.15, 0.2) is 9.04 Å². The molecule has 0 aromatic rings. The SMILES string of the molecule is C[SiH](C)ON1CCC(C(C)(C)C)[C@H]1C(=O)NC(C)(C)C.Cl. The maximum Gasteiger partial charge on any atom is 0.240 e. The lowest BCUT2D eigenvalue weighted by Gasteiger charge is -2.36. The molecular weight excluding hydrogens is 304 g/mol. The van der Waals surface area contributed by atoms with Crippen LogP contribution in [0.25, 0.3) is 0 Å². The number of carbonyl (C=O) groups is 1. The fraction of sp³-hybridized carbons (Fsp3) is 0.933. The van der Waals surface area contributed by atoms with Gasteiger partial charge in [0.1, 0.15) is 6.04 Å². The summed E-state index contributed by atoms with van der Waals surface area (Å²) >= 11 is 0. The van der Waals surface area contributed by atoms with Crippen molar-refractivity contribution < 1.29 is 9.32 Å². The standard InChI is InChI=1S/C15H32N2O2Si.ClH/c1-14(2,3)11-9-10-17(19-20(7)8)12(11)13(18)16-15(4,5)6;/h11-12,20H,9-10H2,1-8H3,(H,16,18);1H/t11?,12-;/m0./s1. The molecule has 1 aliphatic heterocycles. The highest BCUT2D eigenvalue weighted by molar-refractivity contribution is 6.48. The van der Waals surface area contributed by atoms with Crippen LogP contribution in [-0.2, 0) is 9.32 Å². The summed E-state index contributed by atoms with van der Waals surface area (Å²) in [6, 6.07) is -0.163. The van der Waals surface area contributed by atoms with Crippen LogP contribution in [0.15, 0.2) is 0 Å². The molecule has 2 atom stereocenters. The minimum Gasteiger partial charge on any atom is -0.350 e. The summed E-state index contributed by atoms with van der Waals surface area (Å²) in [6.07, 6.45) is 1.02. The van der Waals surface area contributed by atoms with Crippen LogP contribution in [-0.4, -0.2) is 38.1 Å². The van der Waals surface area contributed by atoms with E-state index in [-0.39, 0.29) is 35.3 Å². The van der Waals surface area contributed by atoms with Crippen molar-refractivity contribution in [1.29, 1.82) is 0 Å². The number of rotatable bonds is 3. The molecular formula is C15H33ClN2O2Si. The van der Waals surface area contributed by atoms with Crippen LogP contribution in [0.3, 0.4) is 0 Å². The van der Waals surface area contributed by atoms with E-state index >= 15 is 0 Å². The lowest BCUT2D eigenvalue weighted by molar-refractivity contribution is -0.145. The van der Waals surface area contributed by atoms with Gasteiger partial charge in [0.25, 0.3) is 0 Å². The second kappa shape index (κ2) is 7.44. The summed E-state index contributed by atoms with van der Waals surface area (Å²) in [4.78, 5) is 12.7. The molecule has 0 spiro atoms. The Balaban J connectivity index is 0.00000400. The van der Waals surface area contributed by atoms with Crippen molar-refractivity contribution in [3.05, 3.63) is 0 Å². The van der Waals surface area contributed by atoms with E-state index in [2.05, 4.69) is 39.2 Å². The molecule has 1 amide bonds. The van der Waals surface area contributed by atoms with E-state index < -0.39 is 9.04 Å². The molecule has 0 saturated carbocycles. The lowest BCUT2D eigenvalue weighted by atomic mass is 9.76. The first kappa shape index (κ1) is 20.9. The first-order chi connectivity index (χ1) is 8.92. The minimum atomic E-state index is -1.19. The zero-order chi connectivity index (χ0) is 15.7. The van der Waals surface area contributed by atoms with Crippen LogP contribution >= 0.6 is 12.4 Å². The molecule has 0 aliphatic carbocycles. The van der Waals surface area contributed by atoms with Crippen LogP contribution in [0.1, 0.15) is 48.0 Å². The van der Waals surface area contributed by atoms with Gasteiger partial charge in [-0.05, 0) is 51.6 Å². The van der Waals surface area contributed by atoms with E-state index in [1.807, 2.05) is 25.8 Å². The van der Waals surface area contributed by atoms with Gasteiger partial charge in [0.05, 0.1) is 0 Å². The maximum absolute atomic E-state index is 12.7. The Bertz CT molecular complexity index is 351. The molecule has 4 nitrogen and oxygen atoms in total. The first-order valence-corrected chi connectivity index (χ1v) is 10.5. The molecule has 0 aromatic heterocycles. The van der Waals surface area contributed by atoms with Gasteiger partial charge in [-0.15, -0.1) is 12.4 Å². The largest absolute Gasteiger partial charge is 0.350 e. The highest BCUT2D eigenvalue weighted by Gasteiger charge is 2.46. The number of halogens is 1. The van der Waals surface area contributed by atoms with Crippen LogP contribution in [0.2, 0.25) is 13.1 Å². The van der Waals surface area contributed by atoms with Gasteiger partial charge in [0, 0.05) is 12.1 Å². The molecule has 126 valence electrons. The van der Waals surface area contributed by atoms with Crippen LogP contribution in [0.5, 0.6) is 0 Å². The van der Waals surface area contributed by atoms with Crippen molar-refractivity contribution >= 4 is 27.4 Å². The molecule has 1 fully saturated rings. The number of hydrogen-bond acceptors (Lipinski definition) is 3. The quantitative estimate of drug-likeness (QED) is 0.805. The number of amides is 1. The Labute approximate surface area is 138 Å². The number of carbonyl (C=O) groups excluding carboxylic acids is 1. The van der Waals surface area contributed by atoms with Gasteiger partial charge < -0.3 is 9.84 Å². The van der Waals surface area contributed by atoms with Crippen molar-refractivity contribution in [2.75, 3.05) is 6.54 Å². The third-order valence-corrected chi connectivity index (χ3v) is 4.27. The Morgan fingerprint density at radius 3 is 2.10 bits per heavy atom. The average Bonchev–Trinajstić information content (AvgIpc) is 2.56. The van der Waals surface area contributed by atoms with Crippen LogP contribution in [0.4, 0.5) is 0 Å². The van der Waals surface area contributed by atoms with Gasteiger partial charge in [0.2, 0.25) is 5.91 Å². The fourth-order valence-electron chi connectivity index (χ4n) is 2.82. The molecule has 1 heterocycles. The molecule has 1 N–H and O–H groups in total. The summed E-state index contributed by atoms with van der Waals surface area (Å²) in [6.45, 7) is 17.8. The van der Waals surface area contributed by atoms with E-state index in [9.17, 15) is 4.79 Å². The van der Waals surface area contributed by atoms with Gasteiger partial charge in [-0.25, -0.2) is 0 Å². The van der Waals surface area contributed by atoms with Crippen LogP contribution in [0, 0.1) is 11.3 Å². The molecule has 0 radical (unpaired) electrons. The molecule has 6 heteroatoms. The second-order valence-corrected chi connectivity index (χ2v) is 10.5. The van der Waals surface area contributed by atoms with E-state index in [1.54, 1.807) is 0 Å². The predicted molar refractivity (Wildman–Crippen MR) is 93.2 cm³/mol. The summed E-state index contributed by atoms with van der Waals surface area (Å²) in [5.74, 6) is 0.433. The average molecular weight is 337 g/mol.